The van der Waals surface area contributed by atoms with Crippen LogP contribution in [0.2, 0.25) is 0 Å². The van der Waals surface area contributed by atoms with Gasteiger partial charge in [-0.15, -0.1) is 0 Å². The molecule has 3 rings (SSSR count). The van der Waals surface area contributed by atoms with Crippen LogP contribution in [0.3, 0.4) is 0 Å². The van der Waals surface area contributed by atoms with E-state index in [9.17, 15) is 28.8 Å². The number of carbonyl (C=O) groups excluding carboxylic acids is 12. The minimum absolute atomic E-state index is 0.0344. The monoisotopic (exact) mass is 1330 g/mol. The van der Waals surface area contributed by atoms with Crippen molar-refractivity contribution in [2.45, 2.75) is 234 Å². The van der Waals surface area contributed by atoms with Crippen molar-refractivity contribution in [1.29, 1.82) is 0 Å². The summed E-state index contributed by atoms with van der Waals surface area (Å²) in [6.07, 6.45) is 2.79. The van der Waals surface area contributed by atoms with Gasteiger partial charge in [0, 0.05) is 81.9 Å². The van der Waals surface area contributed by atoms with Crippen molar-refractivity contribution >= 4 is 70.9 Å². The van der Waals surface area contributed by atoms with Gasteiger partial charge in [-0.25, -0.2) is 0 Å². The lowest BCUT2D eigenvalue weighted by atomic mass is 9.92. The van der Waals surface area contributed by atoms with E-state index in [1.165, 1.54) is 104 Å². The topological polar surface area (TPSA) is 291 Å². The quantitative estimate of drug-likeness (QED) is 0.172. The summed E-state index contributed by atoms with van der Waals surface area (Å²) < 4.78 is 6.79. The third kappa shape index (κ3) is 20.9. The Balaban J connectivity index is 2.33. The molecule has 0 spiro atoms. The van der Waals surface area contributed by atoms with Crippen molar-refractivity contribution in [1.82, 2.24) is 65.4 Å². The molecule has 3 fully saturated rings. The molecular weight excluding hydrogens is 1210 g/mol. The number of amides is 12. The molecule has 15 unspecified atom stereocenters. The van der Waals surface area contributed by atoms with Gasteiger partial charge in [0.05, 0.1) is 12.2 Å². The maximum absolute atomic E-state index is 15.3. The Labute approximate surface area is 561 Å². The molecule has 2 bridgehead atoms. The molecule has 0 aliphatic carbocycles. The fourth-order valence-corrected chi connectivity index (χ4v) is 12.8. The summed E-state index contributed by atoms with van der Waals surface area (Å²) in [6, 6.07) is -13.8. The van der Waals surface area contributed by atoms with E-state index in [0.717, 1.165) is 0 Å². The lowest BCUT2D eigenvalue weighted by molar-refractivity contribution is -0.155. The zero-order chi connectivity index (χ0) is 71.8. The number of hydrogen-bond acceptors (Lipinski definition) is 14. The van der Waals surface area contributed by atoms with E-state index >= 15 is 28.8 Å². The smallest absolute Gasteiger partial charge is 0.248 e. The first-order valence-electron chi connectivity index (χ1n) is 34.0. The van der Waals surface area contributed by atoms with Gasteiger partial charge in [-0.05, 0) is 116 Å². The lowest BCUT2D eigenvalue weighted by Crippen LogP contribution is -2.62. The van der Waals surface area contributed by atoms with Gasteiger partial charge in [0.2, 0.25) is 70.9 Å². The third-order valence-corrected chi connectivity index (χ3v) is 19.1. The number of nitrogens with one attached hydrogen (secondary N) is 4. The number of rotatable bonds is 15. The molecule has 0 saturated carbocycles. The van der Waals surface area contributed by atoms with Gasteiger partial charge in [-0.2, -0.15) is 0 Å². The van der Waals surface area contributed by atoms with Gasteiger partial charge in [0.1, 0.15) is 66.5 Å². The van der Waals surface area contributed by atoms with Crippen LogP contribution in [0.5, 0.6) is 0 Å². The SMILES string of the molecule is CC=CCC(C)C1OC(C)C2C(=O)N(C)C1C(=O)NC(CC)C(=O)N(C)C(C)C(=O)N(C)C(C(C)CCC(=O)N1CCN(C)CC1)C(=O)NC(C(C)C)C(=O)N(C)C(CC(C)C)C(=O)NC(C)C(=O)NC(C)C(=O)N(C)C(CC(C)C)C(=O)N(C)C(CC(C)C)C(=O)N2C. The molecule has 0 aromatic carbocycles. The van der Waals surface area contributed by atoms with Crippen LogP contribution in [0.25, 0.3) is 0 Å². The van der Waals surface area contributed by atoms with Gasteiger partial charge < -0.3 is 70.1 Å². The normalized spacial score (nSPS) is 29.5. The zero-order valence-corrected chi connectivity index (χ0v) is 61.2. The van der Waals surface area contributed by atoms with E-state index in [2.05, 4.69) is 26.2 Å². The van der Waals surface area contributed by atoms with E-state index in [-0.39, 0.29) is 62.2 Å². The summed E-state index contributed by atoms with van der Waals surface area (Å²) in [6.45, 7) is 30.2. The highest BCUT2D eigenvalue weighted by molar-refractivity contribution is 6.00. The summed E-state index contributed by atoms with van der Waals surface area (Å²) in [5.74, 6) is -9.73. The minimum Gasteiger partial charge on any atom is -0.370 e. The number of hydrogen-bond donors (Lipinski definition) is 4. The number of allylic oxidation sites excluding steroid dienone is 2. The first kappa shape index (κ1) is 81.5. The molecule has 534 valence electrons. The highest BCUT2D eigenvalue weighted by atomic mass is 16.5. The molecule has 3 aliphatic rings. The van der Waals surface area contributed by atoms with Crippen LogP contribution in [-0.2, 0) is 62.3 Å². The first-order valence-corrected chi connectivity index (χ1v) is 34.0. The number of fused-ring (bicyclic) bond motifs is 3. The van der Waals surface area contributed by atoms with Crippen LogP contribution >= 0.6 is 0 Å². The van der Waals surface area contributed by atoms with E-state index in [0.29, 0.717) is 32.6 Å². The van der Waals surface area contributed by atoms with Crippen LogP contribution in [0.4, 0.5) is 0 Å². The van der Waals surface area contributed by atoms with Crippen molar-refractivity contribution in [3.63, 3.8) is 0 Å². The lowest BCUT2D eigenvalue weighted by Gasteiger charge is -2.39. The zero-order valence-electron chi connectivity index (χ0n) is 61.2. The number of nitrogens with zero attached hydrogens (tertiary/aromatic N) is 9. The van der Waals surface area contributed by atoms with Crippen molar-refractivity contribution in [2.24, 2.45) is 35.5 Å². The van der Waals surface area contributed by atoms with Crippen molar-refractivity contribution in [3.05, 3.63) is 12.2 Å². The molecule has 94 heavy (non-hydrogen) atoms. The van der Waals surface area contributed by atoms with Crippen LogP contribution in [0.1, 0.15) is 156 Å². The molecule has 26 heteroatoms. The van der Waals surface area contributed by atoms with Crippen molar-refractivity contribution in [3.8, 4) is 0 Å². The molecule has 12 amide bonds. The van der Waals surface area contributed by atoms with Gasteiger partial charge in [-0.3, -0.25) is 57.5 Å². The van der Waals surface area contributed by atoms with Gasteiger partial charge >= 0.3 is 0 Å². The molecule has 0 radical (unpaired) electrons. The molecule has 15 atom stereocenters. The Morgan fingerprint density at radius 2 is 0.989 bits per heavy atom. The summed E-state index contributed by atoms with van der Waals surface area (Å²) in [5, 5.41) is 11.2. The Hall–Kier alpha value is -6.70. The summed E-state index contributed by atoms with van der Waals surface area (Å²) in [5.41, 5.74) is 0. The number of likely N-dealkylation sites (N-methyl/N-ethyl adjacent to an activating group) is 8. The fourth-order valence-electron chi connectivity index (χ4n) is 12.8. The van der Waals surface area contributed by atoms with Crippen LogP contribution in [0, 0.1) is 35.5 Å². The highest BCUT2D eigenvalue weighted by Crippen LogP contribution is 2.31. The predicted molar refractivity (Wildman–Crippen MR) is 360 cm³/mol. The molecule has 3 aliphatic heterocycles. The Morgan fingerprint density at radius 1 is 0.500 bits per heavy atom. The van der Waals surface area contributed by atoms with Crippen molar-refractivity contribution in [2.75, 3.05) is 82.6 Å². The molecule has 3 saturated heterocycles. The van der Waals surface area contributed by atoms with Crippen LogP contribution < -0.4 is 21.3 Å². The van der Waals surface area contributed by atoms with Crippen molar-refractivity contribution < 1.29 is 62.3 Å². The molecule has 0 aromatic heterocycles. The second-order valence-electron chi connectivity index (χ2n) is 28.5. The Bertz CT molecular complexity index is 2680. The fraction of sp³-hybridized carbons (Fsp3) is 0.794. The third-order valence-electron chi connectivity index (χ3n) is 19.1. The number of carbonyl (C=O) groups is 12. The van der Waals surface area contributed by atoms with Crippen LogP contribution in [-0.4, -0.2) is 276 Å². The minimum atomic E-state index is -1.36. The Kier molecular flexibility index (Phi) is 31.6. The van der Waals surface area contributed by atoms with Crippen LogP contribution in [0.15, 0.2) is 12.2 Å². The molecule has 4 N–H and O–H groups in total. The summed E-state index contributed by atoms with van der Waals surface area (Å²) in [4.78, 5) is 190. The predicted octanol–water partition coefficient (Wildman–Crippen LogP) is 2.57. The summed E-state index contributed by atoms with van der Waals surface area (Å²) >= 11 is 0. The number of piperazine rings is 1. The van der Waals surface area contributed by atoms with Gasteiger partial charge in [0.15, 0.2) is 0 Å². The molecule has 26 nitrogen and oxygen atoms in total. The first-order chi connectivity index (χ1) is 43.7. The Morgan fingerprint density at radius 3 is 1.50 bits per heavy atom. The van der Waals surface area contributed by atoms with E-state index in [1.54, 1.807) is 39.5 Å². The average molecular weight is 1330 g/mol. The van der Waals surface area contributed by atoms with Gasteiger partial charge in [0.25, 0.3) is 0 Å². The largest absolute Gasteiger partial charge is 0.370 e. The molecular formula is C68H119N13O13. The highest BCUT2D eigenvalue weighted by Gasteiger charge is 2.51. The van der Waals surface area contributed by atoms with E-state index < -0.39 is 161 Å². The van der Waals surface area contributed by atoms with E-state index in [4.69, 9.17) is 4.74 Å². The van der Waals surface area contributed by atoms with Gasteiger partial charge in [-0.1, -0.05) is 88.3 Å². The second-order valence-corrected chi connectivity index (χ2v) is 28.5. The van der Waals surface area contributed by atoms with E-state index in [1.807, 2.05) is 74.6 Å². The molecule has 0 aromatic rings. The molecule has 3 heterocycles. The standard InChI is InChI=1S/C68H119N13O13/c1-25-27-28-43(12)57-56-61(86)71-48(26-2)64(89)74(18)46(15)63(88)78(22)54(42(11)29-30-52(82)81-33-31-73(17)32-34-81)60(85)72-53(41(9)10)67(92)75(19)49(35-38(3)4)59(84)69-44(13)58(83)70-45(14)62(87)76(20)50(36-39(5)6)65(90)77(21)51(37-40(7)8)66(91)79(23)55(47(16)94-57)68(93)80(56)24/h25,27,38-51,53-57H,26,28-37H2,1-24H3,(H,69,84)(H,70,83)(H,71,86)(H,72,85). The summed E-state index contributed by atoms with van der Waals surface area (Å²) in [7, 11) is 12.0. The maximum atomic E-state index is 15.3. The second kappa shape index (κ2) is 36.4. The number of ether oxygens (including phenoxy) is 1. The average Bonchev–Trinajstić information content (AvgIpc) is 1.56. The maximum Gasteiger partial charge on any atom is 0.248 e.